The summed E-state index contributed by atoms with van der Waals surface area (Å²) in [5.41, 5.74) is 2.04. The predicted octanol–water partition coefficient (Wildman–Crippen LogP) is 4.22. The minimum absolute atomic E-state index is 0.0503. The van der Waals surface area contributed by atoms with Crippen LogP contribution in [-0.2, 0) is 16.6 Å². The van der Waals surface area contributed by atoms with Gasteiger partial charge in [-0.05, 0) is 19.8 Å². The van der Waals surface area contributed by atoms with Crippen molar-refractivity contribution < 1.29 is 9.53 Å². The first-order valence-electron chi connectivity index (χ1n) is 9.08. The molecule has 0 aliphatic carbocycles. The lowest BCUT2D eigenvalue weighted by molar-refractivity contribution is -0.139. The summed E-state index contributed by atoms with van der Waals surface area (Å²) >= 11 is 1.60. The smallest absolute Gasteiger partial charge is 0.333 e. The number of esters is 1. The highest BCUT2D eigenvalue weighted by Crippen LogP contribution is 2.21. The monoisotopic (exact) mass is 386 g/mol. The molecule has 0 aliphatic rings. The molecule has 1 aromatic carbocycles. The second kappa shape index (κ2) is 10.7. The summed E-state index contributed by atoms with van der Waals surface area (Å²) in [5.74, 6) is 0.570. The maximum atomic E-state index is 12.2. The molecule has 2 aromatic rings. The first-order valence-corrected chi connectivity index (χ1v) is 10.1. The highest BCUT2D eigenvalue weighted by Gasteiger charge is 2.08. The fourth-order valence-electron chi connectivity index (χ4n) is 2.41. The summed E-state index contributed by atoms with van der Waals surface area (Å²) in [5, 5.41) is 0.733. The second-order valence-corrected chi connectivity index (χ2v) is 7.43. The normalized spacial score (nSPS) is 10.6. The number of carbonyl (C=O) groups excluding carboxylic acids is 1. The van der Waals surface area contributed by atoms with Crippen molar-refractivity contribution in [2.45, 2.75) is 37.8 Å². The van der Waals surface area contributed by atoms with Gasteiger partial charge in [-0.3, -0.25) is 9.36 Å². The number of carbonyl (C=O) groups is 1. The van der Waals surface area contributed by atoms with Crippen LogP contribution in [0.1, 0.15) is 32.6 Å². The molecule has 0 fully saturated rings. The van der Waals surface area contributed by atoms with E-state index in [0.29, 0.717) is 17.9 Å². The van der Waals surface area contributed by atoms with E-state index in [1.165, 1.54) is 0 Å². The van der Waals surface area contributed by atoms with Gasteiger partial charge in [0.25, 0.3) is 5.56 Å². The molecule has 1 heterocycles. The zero-order chi connectivity index (χ0) is 19.6. The summed E-state index contributed by atoms with van der Waals surface area (Å²) in [6, 6.07) is 11.3. The Balaban J connectivity index is 1.77. The van der Waals surface area contributed by atoms with Gasteiger partial charge in [0.1, 0.15) is 0 Å². The van der Waals surface area contributed by atoms with Crippen LogP contribution in [0.25, 0.3) is 11.3 Å². The van der Waals surface area contributed by atoms with E-state index < -0.39 is 0 Å². The van der Waals surface area contributed by atoms with Crippen molar-refractivity contribution in [3.63, 3.8) is 0 Å². The molecule has 0 aliphatic heterocycles. The van der Waals surface area contributed by atoms with Gasteiger partial charge < -0.3 is 4.74 Å². The number of hydrogen-bond donors (Lipinski definition) is 0. The van der Waals surface area contributed by atoms with Crippen molar-refractivity contribution in [2.24, 2.45) is 7.05 Å². The van der Waals surface area contributed by atoms with Crippen LogP contribution < -0.4 is 5.56 Å². The largest absolute Gasteiger partial charge is 0.462 e. The lowest BCUT2D eigenvalue weighted by Gasteiger charge is -2.09. The van der Waals surface area contributed by atoms with Gasteiger partial charge in [-0.15, -0.1) is 0 Å². The predicted molar refractivity (Wildman–Crippen MR) is 110 cm³/mol. The average molecular weight is 387 g/mol. The molecular weight excluding hydrogens is 360 g/mol. The van der Waals surface area contributed by atoms with Gasteiger partial charge in [-0.25, -0.2) is 9.78 Å². The van der Waals surface area contributed by atoms with Crippen molar-refractivity contribution in [1.29, 1.82) is 0 Å². The average Bonchev–Trinajstić information content (AvgIpc) is 2.67. The summed E-state index contributed by atoms with van der Waals surface area (Å²) in [6.07, 6.45) is 3.92. The van der Waals surface area contributed by atoms with Gasteiger partial charge in [0.2, 0.25) is 0 Å². The first kappa shape index (κ1) is 21.0. The minimum atomic E-state index is -0.323. The Morgan fingerprint density at radius 3 is 2.59 bits per heavy atom. The van der Waals surface area contributed by atoms with E-state index in [9.17, 15) is 9.59 Å². The fourth-order valence-corrected chi connectivity index (χ4v) is 3.39. The third kappa shape index (κ3) is 6.71. The SMILES string of the molecule is C=C(C)C(=O)OCCCCCCSc1nc(-c2ccccc2)cc(=O)n1C. The quantitative estimate of drug-likeness (QED) is 0.201. The molecule has 0 saturated carbocycles. The van der Waals surface area contributed by atoms with E-state index in [1.807, 2.05) is 30.3 Å². The molecule has 5 nitrogen and oxygen atoms in total. The summed E-state index contributed by atoms with van der Waals surface area (Å²) in [7, 11) is 1.75. The Hall–Kier alpha value is -2.34. The summed E-state index contributed by atoms with van der Waals surface area (Å²) < 4.78 is 6.66. The Morgan fingerprint density at radius 2 is 1.89 bits per heavy atom. The van der Waals surface area contributed by atoms with Crippen LogP contribution >= 0.6 is 11.8 Å². The van der Waals surface area contributed by atoms with E-state index in [2.05, 4.69) is 11.6 Å². The van der Waals surface area contributed by atoms with E-state index >= 15 is 0 Å². The topological polar surface area (TPSA) is 61.2 Å². The van der Waals surface area contributed by atoms with Gasteiger partial charge in [-0.2, -0.15) is 0 Å². The van der Waals surface area contributed by atoms with Crippen LogP contribution in [0.5, 0.6) is 0 Å². The zero-order valence-electron chi connectivity index (χ0n) is 15.9. The molecule has 144 valence electrons. The molecule has 0 amide bonds. The minimum Gasteiger partial charge on any atom is -0.462 e. The third-order valence-corrected chi connectivity index (χ3v) is 5.13. The molecule has 27 heavy (non-hydrogen) atoms. The Labute approximate surface area is 164 Å². The highest BCUT2D eigenvalue weighted by atomic mass is 32.2. The number of benzene rings is 1. The number of nitrogens with zero attached hydrogens (tertiary/aromatic N) is 2. The van der Waals surface area contributed by atoms with E-state index in [-0.39, 0.29) is 11.5 Å². The van der Waals surface area contributed by atoms with Gasteiger partial charge in [-0.1, -0.05) is 61.5 Å². The van der Waals surface area contributed by atoms with Gasteiger partial charge in [0, 0.05) is 30.0 Å². The van der Waals surface area contributed by atoms with Crippen LogP contribution in [0.15, 0.2) is 58.5 Å². The van der Waals surface area contributed by atoms with Crippen molar-refractivity contribution in [2.75, 3.05) is 12.4 Å². The van der Waals surface area contributed by atoms with Crippen LogP contribution in [0.3, 0.4) is 0 Å². The Kier molecular flexibility index (Phi) is 8.33. The molecule has 0 atom stereocenters. The second-order valence-electron chi connectivity index (χ2n) is 6.37. The van der Waals surface area contributed by atoms with Crippen molar-refractivity contribution >= 4 is 17.7 Å². The van der Waals surface area contributed by atoms with Gasteiger partial charge >= 0.3 is 5.97 Å². The van der Waals surface area contributed by atoms with Gasteiger partial charge in [0.15, 0.2) is 5.16 Å². The number of thioether (sulfide) groups is 1. The van der Waals surface area contributed by atoms with Crippen LogP contribution in [0.2, 0.25) is 0 Å². The molecule has 0 unspecified atom stereocenters. The lowest BCUT2D eigenvalue weighted by atomic mass is 10.1. The molecule has 0 spiro atoms. The molecule has 0 N–H and O–H groups in total. The zero-order valence-corrected chi connectivity index (χ0v) is 16.8. The van der Waals surface area contributed by atoms with Crippen LogP contribution in [-0.4, -0.2) is 27.9 Å². The fraction of sp³-hybridized carbons (Fsp3) is 0.381. The van der Waals surface area contributed by atoms with Crippen molar-refractivity contribution in [3.8, 4) is 11.3 Å². The Bertz CT molecular complexity index is 831. The highest BCUT2D eigenvalue weighted by molar-refractivity contribution is 7.99. The standard InChI is InChI=1S/C21H26N2O3S/c1-16(2)20(25)26-13-9-4-5-10-14-27-21-22-18(15-19(24)23(21)3)17-11-7-6-8-12-17/h6-8,11-12,15H,1,4-5,9-10,13-14H2,2-3H3. The first-order chi connectivity index (χ1) is 13.0. The summed E-state index contributed by atoms with van der Waals surface area (Å²) in [4.78, 5) is 28.1. The van der Waals surface area contributed by atoms with Crippen molar-refractivity contribution in [1.82, 2.24) is 9.55 Å². The molecule has 2 rings (SSSR count). The number of hydrogen-bond acceptors (Lipinski definition) is 5. The molecule has 6 heteroatoms. The lowest BCUT2D eigenvalue weighted by Crippen LogP contribution is -2.19. The van der Waals surface area contributed by atoms with E-state index in [1.54, 1.807) is 36.4 Å². The van der Waals surface area contributed by atoms with Gasteiger partial charge in [0.05, 0.1) is 12.3 Å². The maximum absolute atomic E-state index is 12.2. The molecule has 0 bridgehead atoms. The number of aromatic nitrogens is 2. The number of unbranched alkanes of at least 4 members (excludes halogenated alkanes) is 3. The van der Waals surface area contributed by atoms with Crippen LogP contribution in [0, 0.1) is 0 Å². The number of ether oxygens (including phenoxy) is 1. The number of rotatable bonds is 10. The molecular formula is C21H26N2O3S. The summed E-state index contributed by atoms with van der Waals surface area (Å²) in [6.45, 7) is 5.64. The van der Waals surface area contributed by atoms with E-state index in [4.69, 9.17) is 4.74 Å². The van der Waals surface area contributed by atoms with E-state index in [0.717, 1.165) is 42.2 Å². The third-order valence-electron chi connectivity index (χ3n) is 4.01. The maximum Gasteiger partial charge on any atom is 0.333 e. The molecule has 0 radical (unpaired) electrons. The Morgan fingerprint density at radius 1 is 1.19 bits per heavy atom. The van der Waals surface area contributed by atoms with Crippen molar-refractivity contribution in [3.05, 3.63) is 58.9 Å². The molecule has 0 saturated heterocycles. The van der Waals surface area contributed by atoms with Crippen LogP contribution in [0.4, 0.5) is 0 Å². The molecule has 1 aromatic heterocycles.